The van der Waals surface area contributed by atoms with Gasteiger partial charge in [-0.1, -0.05) is 0 Å². The first-order chi connectivity index (χ1) is 8.93. The molecular weight excluding hydrogens is 226 g/mol. The zero-order chi connectivity index (χ0) is 11.9. The lowest BCUT2D eigenvalue weighted by Gasteiger charge is -2.01. The third-order valence-corrected chi connectivity index (χ3v) is 3.07. The number of rotatable bonds is 1. The summed E-state index contributed by atoms with van der Waals surface area (Å²) in [7, 11) is 0. The molecule has 5 nitrogen and oxygen atoms in total. The van der Waals surface area contributed by atoms with Gasteiger partial charge in [0.25, 0.3) is 5.65 Å². The normalized spacial score (nSPS) is 11.3. The van der Waals surface area contributed by atoms with Crippen molar-refractivity contribution < 1.29 is 4.57 Å². The van der Waals surface area contributed by atoms with Crippen LogP contribution in [0.15, 0.2) is 49.2 Å². The van der Waals surface area contributed by atoms with E-state index in [1.54, 1.807) is 12.5 Å². The van der Waals surface area contributed by atoms with Crippen molar-refractivity contribution in [2.45, 2.75) is 0 Å². The number of imidazole rings is 1. The van der Waals surface area contributed by atoms with E-state index in [1.807, 2.05) is 24.5 Å². The van der Waals surface area contributed by atoms with Gasteiger partial charge in [-0.15, -0.1) is 0 Å². The van der Waals surface area contributed by atoms with Crippen molar-refractivity contribution in [2.24, 2.45) is 0 Å². The van der Waals surface area contributed by atoms with Gasteiger partial charge in [-0.3, -0.25) is 0 Å². The molecule has 0 aromatic carbocycles. The molecule has 0 spiro atoms. The second-order valence-corrected chi connectivity index (χ2v) is 4.09. The van der Waals surface area contributed by atoms with Crippen molar-refractivity contribution in [2.75, 3.05) is 0 Å². The molecule has 0 radical (unpaired) electrons. The number of fused-ring (bicyclic) bond motifs is 2. The number of aromatic amines is 2. The molecule has 4 rings (SSSR count). The van der Waals surface area contributed by atoms with Crippen LogP contribution in [0.5, 0.6) is 0 Å². The first-order valence-electron chi connectivity index (χ1n) is 5.70. The van der Waals surface area contributed by atoms with Crippen molar-refractivity contribution >= 4 is 22.2 Å². The number of H-pyrrole nitrogens is 2. The average molecular weight is 236 g/mol. The van der Waals surface area contributed by atoms with Crippen LogP contribution in [-0.4, -0.2) is 19.9 Å². The Kier molecular flexibility index (Phi) is 1.77. The molecule has 0 unspecified atom stereocenters. The standard InChI is InChI=1S/C13H9N5/c1-2-9-3-5-15-13(9)18(7-1)10-4-6-14-12-11(10)16-8-17-12/h1-8H,(H,14,16,17)/p+1. The second-order valence-electron chi connectivity index (χ2n) is 4.09. The van der Waals surface area contributed by atoms with Gasteiger partial charge in [0.15, 0.2) is 16.9 Å². The molecule has 0 bridgehead atoms. The van der Waals surface area contributed by atoms with Gasteiger partial charge in [0.05, 0.1) is 24.1 Å². The largest absolute Gasteiger partial charge is 0.329 e. The molecule has 2 N–H and O–H groups in total. The summed E-state index contributed by atoms with van der Waals surface area (Å²) in [5.41, 5.74) is 3.72. The molecule has 18 heavy (non-hydrogen) atoms. The fraction of sp³-hybridized carbons (Fsp3) is 0. The topological polar surface area (TPSA) is 61.2 Å². The molecule has 86 valence electrons. The van der Waals surface area contributed by atoms with Crippen LogP contribution < -0.4 is 4.57 Å². The van der Waals surface area contributed by atoms with Crippen molar-refractivity contribution in [3.05, 3.63) is 49.2 Å². The summed E-state index contributed by atoms with van der Waals surface area (Å²) in [6.07, 6.45) is 7.40. The minimum atomic E-state index is 0.795. The zero-order valence-corrected chi connectivity index (χ0v) is 9.46. The third-order valence-electron chi connectivity index (χ3n) is 3.07. The summed E-state index contributed by atoms with van der Waals surface area (Å²) < 4.78 is 2.08. The highest BCUT2D eigenvalue weighted by Gasteiger charge is 2.14. The number of hydrogen-bond donors (Lipinski definition) is 2. The Labute approximate surface area is 102 Å². The molecule has 0 atom stereocenters. The van der Waals surface area contributed by atoms with E-state index in [0.29, 0.717) is 0 Å². The zero-order valence-electron chi connectivity index (χ0n) is 9.46. The molecule has 5 heteroatoms. The molecule has 4 heterocycles. The maximum atomic E-state index is 4.33. The van der Waals surface area contributed by atoms with Gasteiger partial charge in [0, 0.05) is 12.3 Å². The highest BCUT2D eigenvalue weighted by molar-refractivity contribution is 5.79. The van der Waals surface area contributed by atoms with Crippen molar-refractivity contribution in [1.82, 2.24) is 19.9 Å². The van der Waals surface area contributed by atoms with Crippen LogP contribution in [0.1, 0.15) is 0 Å². The van der Waals surface area contributed by atoms with Gasteiger partial charge < -0.3 is 4.98 Å². The van der Waals surface area contributed by atoms with Crippen LogP contribution in [0.25, 0.3) is 27.9 Å². The summed E-state index contributed by atoms with van der Waals surface area (Å²) in [5, 5.41) is 1.16. The predicted molar refractivity (Wildman–Crippen MR) is 67.3 cm³/mol. The molecule has 4 aromatic heterocycles. The van der Waals surface area contributed by atoms with Crippen LogP contribution in [0.4, 0.5) is 0 Å². The molecule has 0 aliphatic carbocycles. The van der Waals surface area contributed by atoms with Crippen LogP contribution in [0, 0.1) is 0 Å². The molecular formula is C13H10N5+. The molecule has 0 amide bonds. The van der Waals surface area contributed by atoms with Crippen molar-refractivity contribution in [1.29, 1.82) is 0 Å². The maximum Gasteiger partial charge on any atom is 0.291 e. The Morgan fingerprint density at radius 2 is 2.06 bits per heavy atom. The van der Waals surface area contributed by atoms with Gasteiger partial charge >= 0.3 is 0 Å². The van der Waals surface area contributed by atoms with Gasteiger partial charge in [-0.05, 0) is 18.2 Å². The van der Waals surface area contributed by atoms with E-state index >= 15 is 0 Å². The smallest absolute Gasteiger partial charge is 0.291 e. The molecule has 0 saturated carbocycles. The summed E-state index contributed by atoms with van der Waals surface area (Å²) in [4.78, 5) is 14.9. The fourth-order valence-electron chi connectivity index (χ4n) is 2.25. The summed E-state index contributed by atoms with van der Waals surface area (Å²) >= 11 is 0. The van der Waals surface area contributed by atoms with Crippen LogP contribution in [0.3, 0.4) is 0 Å². The maximum absolute atomic E-state index is 4.33. The van der Waals surface area contributed by atoms with Gasteiger partial charge in [-0.2, -0.15) is 4.57 Å². The monoisotopic (exact) mass is 236 g/mol. The van der Waals surface area contributed by atoms with E-state index in [0.717, 1.165) is 27.9 Å². The average Bonchev–Trinajstić information content (AvgIpc) is 3.06. The SMILES string of the molecule is c1cc2cc[nH]c2[n+](-c2ccnc3[nH]cnc23)c1. The van der Waals surface area contributed by atoms with Gasteiger partial charge in [-0.25, -0.2) is 15.0 Å². The Morgan fingerprint density at radius 1 is 1.06 bits per heavy atom. The highest BCUT2D eigenvalue weighted by Crippen LogP contribution is 2.14. The van der Waals surface area contributed by atoms with E-state index < -0.39 is 0 Å². The van der Waals surface area contributed by atoms with E-state index in [2.05, 4.69) is 36.6 Å². The Balaban J connectivity index is 2.13. The predicted octanol–water partition coefficient (Wildman–Crippen LogP) is 1.72. The third kappa shape index (κ3) is 1.18. The first-order valence-corrected chi connectivity index (χ1v) is 5.70. The van der Waals surface area contributed by atoms with Gasteiger partial charge in [0.2, 0.25) is 0 Å². The number of hydrogen-bond acceptors (Lipinski definition) is 2. The number of nitrogens with one attached hydrogen (secondary N) is 2. The van der Waals surface area contributed by atoms with Crippen LogP contribution in [-0.2, 0) is 0 Å². The van der Waals surface area contributed by atoms with Gasteiger partial charge in [0.1, 0.15) is 0 Å². The Bertz CT molecular complexity index is 770. The molecule has 0 aliphatic heterocycles. The van der Waals surface area contributed by atoms with Crippen molar-refractivity contribution in [3.63, 3.8) is 0 Å². The van der Waals surface area contributed by atoms with Crippen LogP contribution >= 0.6 is 0 Å². The lowest BCUT2D eigenvalue weighted by Crippen LogP contribution is -2.31. The summed E-state index contributed by atoms with van der Waals surface area (Å²) in [5.74, 6) is 0. The van der Waals surface area contributed by atoms with E-state index in [-0.39, 0.29) is 0 Å². The first kappa shape index (κ1) is 9.35. The Morgan fingerprint density at radius 3 is 3.06 bits per heavy atom. The number of pyridine rings is 2. The molecule has 0 saturated heterocycles. The summed E-state index contributed by atoms with van der Waals surface area (Å²) in [6, 6.07) is 8.11. The number of nitrogens with zero attached hydrogens (tertiary/aromatic N) is 3. The molecule has 0 aliphatic rings. The lowest BCUT2D eigenvalue weighted by molar-refractivity contribution is -0.567. The summed E-state index contributed by atoms with van der Waals surface area (Å²) in [6.45, 7) is 0. The van der Waals surface area contributed by atoms with Crippen LogP contribution in [0.2, 0.25) is 0 Å². The number of aromatic nitrogens is 5. The second kappa shape index (κ2) is 3.40. The molecule has 4 aromatic rings. The lowest BCUT2D eigenvalue weighted by atomic mass is 10.3. The van der Waals surface area contributed by atoms with E-state index in [9.17, 15) is 0 Å². The minimum absolute atomic E-state index is 0.795. The Hall–Kier alpha value is -2.69. The van der Waals surface area contributed by atoms with Crippen molar-refractivity contribution in [3.8, 4) is 5.69 Å². The molecule has 0 fully saturated rings. The highest BCUT2D eigenvalue weighted by atomic mass is 15.1. The van der Waals surface area contributed by atoms with E-state index in [1.165, 1.54) is 0 Å². The minimum Gasteiger partial charge on any atom is -0.329 e. The van der Waals surface area contributed by atoms with E-state index in [4.69, 9.17) is 0 Å². The fourth-order valence-corrected chi connectivity index (χ4v) is 2.25. The quantitative estimate of drug-likeness (QED) is 0.494.